The number of H-pyrrole nitrogens is 1. The van der Waals surface area contributed by atoms with Crippen LogP contribution in [-0.4, -0.2) is 59.5 Å². The lowest BCUT2D eigenvalue weighted by molar-refractivity contribution is -0.119. The quantitative estimate of drug-likeness (QED) is 0.783. The van der Waals surface area contributed by atoms with Gasteiger partial charge in [0.05, 0.1) is 4.90 Å². The van der Waals surface area contributed by atoms with E-state index in [1.807, 2.05) is 0 Å². The number of anilines is 2. The van der Waals surface area contributed by atoms with Gasteiger partial charge in [0.2, 0.25) is 27.8 Å². The fourth-order valence-corrected chi connectivity index (χ4v) is 5.44. The van der Waals surface area contributed by atoms with E-state index in [9.17, 15) is 13.2 Å². The van der Waals surface area contributed by atoms with Gasteiger partial charge >= 0.3 is 0 Å². The molecule has 1 aromatic carbocycles. The molecule has 3 heterocycles. The van der Waals surface area contributed by atoms with Crippen molar-refractivity contribution in [2.45, 2.75) is 43.0 Å². The third kappa shape index (κ3) is 3.74. The normalized spacial score (nSPS) is 21.0. The first-order chi connectivity index (χ1) is 13.6. The fraction of sp³-hybridized carbons (Fsp3) is 0.500. The minimum atomic E-state index is -3.72. The third-order valence-electron chi connectivity index (χ3n) is 5.21. The van der Waals surface area contributed by atoms with Crippen LogP contribution in [0.25, 0.3) is 0 Å². The first-order valence-electron chi connectivity index (χ1n) is 9.61. The summed E-state index contributed by atoms with van der Waals surface area (Å²) < 4.78 is 27.1. The zero-order chi connectivity index (χ0) is 19.6. The maximum absolute atomic E-state index is 12.9. The van der Waals surface area contributed by atoms with Gasteiger partial charge in [-0.25, -0.2) is 13.5 Å². The lowest BCUT2D eigenvalue weighted by Gasteiger charge is -2.25. The zero-order valence-corrected chi connectivity index (χ0v) is 16.4. The predicted octanol–water partition coefficient (Wildman–Crippen LogP) is 1.59. The number of piperidine rings is 1. The van der Waals surface area contributed by atoms with Gasteiger partial charge in [-0.15, -0.1) is 5.10 Å². The van der Waals surface area contributed by atoms with Crippen LogP contribution < -0.4 is 10.2 Å². The molecule has 1 amide bonds. The Hall–Kier alpha value is -2.46. The molecule has 28 heavy (non-hydrogen) atoms. The summed E-state index contributed by atoms with van der Waals surface area (Å²) in [6, 6.07) is 7.45. The second-order valence-corrected chi connectivity index (χ2v) is 9.00. The summed E-state index contributed by atoms with van der Waals surface area (Å²) >= 11 is 0. The molecule has 2 N–H and O–H groups in total. The third-order valence-corrected chi connectivity index (χ3v) is 7.13. The highest BCUT2D eigenvalue weighted by atomic mass is 32.2. The molecule has 0 saturated carbocycles. The van der Waals surface area contributed by atoms with Crippen molar-refractivity contribution in [3.63, 3.8) is 0 Å². The smallest absolute Gasteiger partial charge is 0.246 e. The SMILES string of the molecule is O=C(Nc1nc(N2CCCCC2)n[nH]1)C1CCCN1S(=O)(=O)c1ccccc1. The average Bonchev–Trinajstić information content (AvgIpc) is 3.39. The van der Waals surface area contributed by atoms with Gasteiger partial charge in [-0.1, -0.05) is 18.2 Å². The van der Waals surface area contributed by atoms with Gasteiger partial charge in [0.25, 0.3) is 0 Å². The summed E-state index contributed by atoms with van der Waals surface area (Å²) in [4.78, 5) is 19.4. The maximum atomic E-state index is 12.9. The molecule has 0 aliphatic carbocycles. The number of aromatic amines is 1. The van der Waals surface area contributed by atoms with E-state index in [1.165, 1.54) is 10.7 Å². The molecule has 1 unspecified atom stereocenters. The topological polar surface area (TPSA) is 111 Å². The fourth-order valence-electron chi connectivity index (χ4n) is 3.76. The van der Waals surface area contributed by atoms with Crippen LogP contribution in [0.4, 0.5) is 11.9 Å². The molecule has 150 valence electrons. The highest BCUT2D eigenvalue weighted by Crippen LogP contribution is 2.27. The number of rotatable bonds is 5. The largest absolute Gasteiger partial charge is 0.340 e. The van der Waals surface area contributed by atoms with Crippen LogP contribution in [-0.2, 0) is 14.8 Å². The Labute approximate surface area is 164 Å². The Kier molecular flexibility index (Phi) is 5.31. The second-order valence-electron chi connectivity index (χ2n) is 7.11. The minimum Gasteiger partial charge on any atom is -0.340 e. The van der Waals surface area contributed by atoms with Gasteiger partial charge in [-0.05, 0) is 44.2 Å². The number of benzene rings is 1. The Bertz CT molecular complexity index is 924. The number of carbonyl (C=O) groups is 1. The summed E-state index contributed by atoms with van der Waals surface area (Å²) in [6.45, 7) is 2.12. The van der Waals surface area contributed by atoms with Crippen molar-refractivity contribution in [1.82, 2.24) is 19.5 Å². The van der Waals surface area contributed by atoms with Crippen molar-refractivity contribution in [3.8, 4) is 0 Å². The summed E-state index contributed by atoms with van der Waals surface area (Å²) in [5.74, 6) is 0.420. The number of sulfonamides is 1. The van der Waals surface area contributed by atoms with Gasteiger partial charge in [0.15, 0.2) is 0 Å². The molecule has 0 radical (unpaired) electrons. The summed E-state index contributed by atoms with van der Waals surface area (Å²) in [7, 11) is -3.72. The molecule has 1 atom stereocenters. The lowest BCUT2D eigenvalue weighted by Crippen LogP contribution is -2.43. The lowest BCUT2D eigenvalue weighted by atomic mass is 10.1. The van der Waals surface area contributed by atoms with E-state index in [1.54, 1.807) is 30.3 Å². The van der Waals surface area contributed by atoms with E-state index in [2.05, 4.69) is 25.4 Å². The highest BCUT2D eigenvalue weighted by molar-refractivity contribution is 7.89. The monoisotopic (exact) mass is 404 g/mol. The number of aromatic nitrogens is 3. The molecule has 2 fully saturated rings. The molecule has 2 aliphatic rings. The van der Waals surface area contributed by atoms with Crippen molar-refractivity contribution >= 4 is 27.8 Å². The van der Waals surface area contributed by atoms with Crippen LogP contribution in [0.5, 0.6) is 0 Å². The summed E-state index contributed by atoms with van der Waals surface area (Å²) in [5.41, 5.74) is 0. The van der Waals surface area contributed by atoms with Crippen LogP contribution in [0, 0.1) is 0 Å². The van der Waals surface area contributed by atoms with E-state index < -0.39 is 22.0 Å². The molecule has 9 nitrogen and oxygen atoms in total. The Morgan fingerprint density at radius 3 is 2.57 bits per heavy atom. The summed E-state index contributed by atoms with van der Waals surface area (Å²) in [6.07, 6.45) is 4.53. The van der Waals surface area contributed by atoms with Crippen LogP contribution in [0.2, 0.25) is 0 Å². The molecule has 2 aromatic rings. The molecule has 10 heteroatoms. The molecule has 4 rings (SSSR count). The number of nitrogens with zero attached hydrogens (tertiary/aromatic N) is 4. The van der Waals surface area contributed by atoms with Crippen molar-refractivity contribution in [1.29, 1.82) is 0 Å². The van der Waals surface area contributed by atoms with Gasteiger partial charge in [-0.3, -0.25) is 10.1 Å². The van der Waals surface area contributed by atoms with E-state index in [0.717, 1.165) is 25.9 Å². The molecule has 0 spiro atoms. The van der Waals surface area contributed by atoms with E-state index in [-0.39, 0.29) is 10.8 Å². The standard InChI is InChI=1S/C18H24N6O3S/c25-16(19-17-20-18(22-21-17)23-11-5-2-6-12-23)15-10-7-13-24(15)28(26,27)14-8-3-1-4-9-14/h1,3-4,8-9,15H,2,5-7,10-13H2,(H2,19,20,21,22,25). The molecule has 0 bridgehead atoms. The highest BCUT2D eigenvalue weighted by Gasteiger charge is 2.39. The molecular weight excluding hydrogens is 380 g/mol. The van der Waals surface area contributed by atoms with Crippen LogP contribution in [0.3, 0.4) is 0 Å². The van der Waals surface area contributed by atoms with Gasteiger partial charge < -0.3 is 4.90 Å². The van der Waals surface area contributed by atoms with E-state index in [0.29, 0.717) is 25.3 Å². The second kappa shape index (κ2) is 7.88. The average molecular weight is 404 g/mol. The van der Waals surface area contributed by atoms with Crippen molar-refractivity contribution in [3.05, 3.63) is 30.3 Å². The molecule has 2 saturated heterocycles. The number of hydrogen-bond acceptors (Lipinski definition) is 6. The molecule has 1 aromatic heterocycles. The first kappa shape index (κ1) is 18.9. The molecule has 2 aliphatic heterocycles. The minimum absolute atomic E-state index is 0.196. The number of hydrogen-bond donors (Lipinski definition) is 2. The molecular formula is C18H24N6O3S. The Balaban J connectivity index is 1.46. The van der Waals surface area contributed by atoms with Crippen molar-refractivity contribution in [2.24, 2.45) is 0 Å². The Morgan fingerprint density at radius 1 is 1.07 bits per heavy atom. The van der Waals surface area contributed by atoms with Crippen molar-refractivity contribution < 1.29 is 13.2 Å². The zero-order valence-electron chi connectivity index (χ0n) is 15.5. The summed E-state index contributed by atoms with van der Waals surface area (Å²) in [5, 5.41) is 9.61. The van der Waals surface area contributed by atoms with Gasteiger partial charge in [0, 0.05) is 19.6 Å². The van der Waals surface area contributed by atoms with Crippen LogP contribution >= 0.6 is 0 Å². The van der Waals surface area contributed by atoms with Gasteiger partial charge in [-0.2, -0.15) is 9.29 Å². The van der Waals surface area contributed by atoms with E-state index in [4.69, 9.17) is 0 Å². The van der Waals surface area contributed by atoms with Crippen LogP contribution in [0.1, 0.15) is 32.1 Å². The number of carbonyl (C=O) groups excluding carboxylic acids is 1. The predicted molar refractivity (Wildman–Crippen MR) is 104 cm³/mol. The van der Waals surface area contributed by atoms with E-state index >= 15 is 0 Å². The van der Waals surface area contributed by atoms with Crippen LogP contribution in [0.15, 0.2) is 35.2 Å². The first-order valence-corrected chi connectivity index (χ1v) is 11.0. The number of amides is 1. The number of nitrogens with one attached hydrogen (secondary N) is 2. The maximum Gasteiger partial charge on any atom is 0.246 e. The van der Waals surface area contributed by atoms with Gasteiger partial charge in [0.1, 0.15) is 6.04 Å². The van der Waals surface area contributed by atoms with Crippen molar-refractivity contribution in [2.75, 3.05) is 29.9 Å². The Morgan fingerprint density at radius 2 is 1.82 bits per heavy atom.